The molecule has 4 heteroatoms. The smallest absolute Gasteiger partial charge is 0.191 e. The highest BCUT2D eigenvalue weighted by atomic mass is 15.2. The van der Waals surface area contributed by atoms with E-state index in [0.717, 1.165) is 32.0 Å². The van der Waals surface area contributed by atoms with E-state index in [-0.39, 0.29) is 0 Å². The van der Waals surface area contributed by atoms with Crippen molar-refractivity contribution < 1.29 is 0 Å². The molecule has 0 radical (unpaired) electrons. The van der Waals surface area contributed by atoms with E-state index in [2.05, 4.69) is 73.8 Å². The predicted octanol–water partition coefficient (Wildman–Crippen LogP) is 2.51. The van der Waals surface area contributed by atoms with Crippen molar-refractivity contribution in [2.45, 2.75) is 39.2 Å². The van der Waals surface area contributed by atoms with Gasteiger partial charge in [0.2, 0.25) is 0 Å². The van der Waals surface area contributed by atoms with Crippen LogP contribution in [0, 0.1) is 0 Å². The number of aliphatic imine (C=N–C) groups is 1. The minimum Gasteiger partial charge on any atom is -0.357 e. The van der Waals surface area contributed by atoms with Crippen molar-refractivity contribution in [2.75, 3.05) is 33.7 Å². The van der Waals surface area contributed by atoms with Gasteiger partial charge < -0.3 is 15.5 Å². The van der Waals surface area contributed by atoms with Crippen LogP contribution in [0.25, 0.3) is 0 Å². The molecule has 1 aromatic carbocycles. The molecule has 0 aliphatic heterocycles. The lowest BCUT2D eigenvalue weighted by molar-refractivity contribution is 0.298. The van der Waals surface area contributed by atoms with E-state index in [9.17, 15) is 0 Å². The molecule has 0 fully saturated rings. The molecule has 4 nitrogen and oxygen atoms in total. The van der Waals surface area contributed by atoms with Gasteiger partial charge >= 0.3 is 0 Å². The number of rotatable bonds is 9. The van der Waals surface area contributed by atoms with Gasteiger partial charge in [0, 0.05) is 19.1 Å². The standard InChI is InChI=1S/C18H32N4/c1-5-7-13-20-18(19-6-2)21-15-17(22(3)4)14-16-11-9-8-10-12-16/h8-12,17H,5-7,13-15H2,1-4H3,(H2,19,20,21). The van der Waals surface area contributed by atoms with Gasteiger partial charge in [-0.3, -0.25) is 4.99 Å². The minimum absolute atomic E-state index is 0.407. The molecule has 0 spiro atoms. The number of nitrogens with zero attached hydrogens (tertiary/aromatic N) is 2. The zero-order valence-corrected chi connectivity index (χ0v) is 14.6. The van der Waals surface area contributed by atoms with Crippen LogP contribution in [0.1, 0.15) is 32.3 Å². The predicted molar refractivity (Wildman–Crippen MR) is 96.5 cm³/mol. The summed E-state index contributed by atoms with van der Waals surface area (Å²) in [6.07, 6.45) is 3.39. The molecule has 1 atom stereocenters. The van der Waals surface area contributed by atoms with E-state index in [1.807, 2.05) is 0 Å². The number of hydrogen-bond acceptors (Lipinski definition) is 2. The van der Waals surface area contributed by atoms with Crippen molar-refractivity contribution in [3.63, 3.8) is 0 Å². The summed E-state index contributed by atoms with van der Waals surface area (Å²) >= 11 is 0. The maximum Gasteiger partial charge on any atom is 0.191 e. The Labute approximate surface area is 136 Å². The van der Waals surface area contributed by atoms with Gasteiger partial charge in [-0.25, -0.2) is 0 Å². The fourth-order valence-corrected chi connectivity index (χ4v) is 2.22. The fraction of sp³-hybridized carbons (Fsp3) is 0.611. The Kier molecular flexibility index (Phi) is 9.31. The second-order valence-corrected chi connectivity index (χ2v) is 5.81. The number of likely N-dealkylation sites (N-methyl/N-ethyl adjacent to an activating group) is 1. The monoisotopic (exact) mass is 304 g/mol. The van der Waals surface area contributed by atoms with Gasteiger partial charge in [0.1, 0.15) is 0 Å². The Morgan fingerprint density at radius 3 is 2.45 bits per heavy atom. The van der Waals surface area contributed by atoms with E-state index in [1.54, 1.807) is 0 Å². The summed E-state index contributed by atoms with van der Waals surface area (Å²) in [5.41, 5.74) is 1.36. The first-order valence-electron chi connectivity index (χ1n) is 8.39. The molecule has 0 saturated carbocycles. The molecule has 0 bridgehead atoms. The van der Waals surface area contributed by atoms with Crippen LogP contribution in [0.15, 0.2) is 35.3 Å². The highest BCUT2D eigenvalue weighted by molar-refractivity contribution is 5.79. The Morgan fingerprint density at radius 2 is 1.86 bits per heavy atom. The lowest BCUT2D eigenvalue weighted by atomic mass is 10.1. The number of unbranched alkanes of at least 4 members (excludes halogenated alkanes) is 1. The zero-order chi connectivity index (χ0) is 16.2. The van der Waals surface area contributed by atoms with Gasteiger partial charge in [-0.05, 0) is 39.4 Å². The summed E-state index contributed by atoms with van der Waals surface area (Å²) in [6.45, 7) is 6.97. The quantitative estimate of drug-likeness (QED) is 0.418. The van der Waals surface area contributed by atoms with E-state index in [1.165, 1.54) is 18.4 Å². The molecule has 0 saturated heterocycles. The lowest BCUT2D eigenvalue weighted by Gasteiger charge is -2.23. The van der Waals surface area contributed by atoms with Gasteiger partial charge in [-0.15, -0.1) is 0 Å². The number of hydrogen-bond donors (Lipinski definition) is 2. The van der Waals surface area contributed by atoms with Gasteiger partial charge in [0.05, 0.1) is 6.54 Å². The van der Waals surface area contributed by atoms with Crippen molar-refractivity contribution in [1.29, 1.82) is 0 Å². The largest absolute Gasteiger partial charge is 0.357 e. The average molecular weight is 304 g/mol. The molecule has 124 valence electrons. The second-order valence-electron chi connectivity index (χ2n) is 5.81. The van der Waals surface area contributed by atoms with Gasteiger partial charge in [0.25, 0.3) is 0 Å². The molecule has 0 amide bonds. The molecule has 0 aliphatic carbocycles. The van der Waals surface area contributed by atoms with Crippen molar-refractivity contribution in [3.05, 3.63) is 35.9 Å². The second kappa shape index (κ2) is 11.1. The Balaban J connectivity index is 2.61. The third-order valence-electron chi connectivity index (χ3n) is 3.67. The third-order valence-corrected chi connectivity index (χ3v) is 3.67. The van der Waals surface area contributed by atoms with Gasteiger partial charge in [-0.2, -0.15) is 0 Å². The first-order chi connectivity index (χ1) is 10.7. The van der Waals surface area contributed by atoms with Crippen LogP contribution in [-0.2, 0) is 6.42 Å². The Bertz CT molecular complexity index is 414. The number of nitrogens with one attached hydrogen (secondary N) is 2. The molecule has 1 unspecified atom stereocenters. The van der Waals surface area contributed by atoms with E-state index in [0.29, 0.717) is 6.04 Å². The van der Waals surface area contributed by atoms with Crippen LogP contribution in [0.5, 0.6) is 0 Å². The Morgan fingerprint density at radius 1 is 1.14 bits per heavy atom. The van der Waals surface area contributed by atoms with E-state index < -0.39 is 0 Å². The number of guanidine groups is 1. The summed E-state index contributed by atoms with van der Waals surface area (Å²) in [5, 5.41) is 6.72. The molecule has 1 aromatic rings. The first-order valence-corrected chi connectivity index (χ1v) is 8.39. The highest BCUT2D eigenvalue weighted by Crippen LogP contribution is 2.07. The molecule has 22 heavy (non-hydrogen) atoms. The normalized spacial score (nSPS) is 13.2. The van der Waals surface area contributed by atoms with Crippen LogP contribution >= 0.6 is 0 Å². The third kappa shape index (κ3) is 7.46. The van der Waals surface area contributed by atoms with E-state index >= 15 is 0 Å². The van der Waals surface area contributed by atoms with Crippen LogP contribution in [-0.4, -0.2) is 50.6 Å². The van der Waals surface area contributed by atoms with Crippen molar-refractivity contribution in [1.82, 2.24) is 15.5 Å². The van der Waals surface area contributed by atoms with Crippen molar-refractivity contribution in [2.24, 2.45) is 4.99 Å². The summed E-state index contributed by atoms with van der Waals surface area (Å²) in [4.78, 5) is 7.01. The first kappa shape index (κ1) is 18.5. The van der Waals surface area contributed by atoms with Crippen LogP contribution in [0.2, 0.25) is 0 Å². The average Bonchev–Trinajstić information content (AvgIpc) is 2.52. The molecule has 0 aromatic heterocycles. The summed E-state index contributed by atoms with van der Waals surface area (Å²) in [7, 11) is 4.25. The number of benzene rings is 1. The summed E-state index contributed by atoms with van der Waals surface area (Å²) in [5.74, 6) is 0.927. The van der Waals surface area contributed by atoms with Crippen molar-refractivity contribution >= 4 is 5.96 Å². The van der Waals surface area contributed by atoms with Crippen LogP contribution in [0.4, 0.5) is 0 Å². The summed E-state index contributed by atoms with van der Waals surface area (Å²) in [6, 6.07) is 11.0. The molecule has 0 heterocycles. The maximum atomic E-state index is 4.76. The molecular weight excluding hydrogens is 272 g/mol. The molecule has 0 aliphatic rings. The van der Waals surface area contributed by atoms with Crippen molar-refractivity contribution in [3.8, 4) is 0 Å². The Hall–Kier alpha value is -1.55. The fourth-order valence-electron chi connectivity index (χ4n) is 2.22. The van der Waals surface area contributed by atoms with Crippen LogP contribution in [0.3, 0.4) is 0 Å². The van der Waals surface area contributed by atoms with Gasteiger partial charge in [0.15, 0.2) is 5.96 Å². The molecule has 1 rings (SSSR count). The molecular formula is C18H32N4. The zero-order valence-electron chi connectivity index (χ0n) is 14.6. The van der Waals surface area contributed by atoms with Crippen LogP contribution < -0.4 is 10.6 Å². The lowest BCUT2D eigenvalue weighted by Crippen LogP contribution is -2.40. The van der Waals surface area contributed by atoms with E-state index in [4.69, 9.17) is 4.99 Å². The molecule has 2 N–H and O–H groups in total. The topological polar surface area (TPSA) is 39.7 Å². The van der Waals surface area contributed by atoms with Gasteiger partial charge in [-0.1, -0.05) is 43.7 Å². The highest BCUT2D eigenvalue weighted by Gasteiger charge is 2.12. The SMILES string of the molecule is CCCCNC(=NCC(Cc1ccccc1)N(C)C)NCC. The summed E-state index contributed by atoms with van der Waals surface area (Å²) < 4.78 is 0. The minimum atomic E-state index is 0.407. The maximum absolute atomic E-state index is 4.76.